The van der Waals surface area contributed by atoms with Gasteiger partial charge in [0.15, 0.2) is 0 Å². The number of aromatic nitrogens is 6. The van der Waals surface area contributed by atoms with Crippen LogP contribution in [0.5, 0.6) is 0 Å². The van der Waals surface area contributed by atoms with Crippen molar-refractivity contribution in [3.8, 4) is 11.4 Å². The van der Waals surface area contributed by atoms with E-state index >= 15 is 0 Å². The van der Waals surface area contributed by atoms with Crippen LogP contribution in [0.3, 0.4) is 0 Å². The average molecular weight is 316 g/mol. The van der Waals surface area contributed by atoms with Crippen molar-refractivity contribution in [3.05, 3.63) is 65.5 Å². The molecule has 0 N–H and O–H groups in total. The molecule has 118 valence electrons. The zero-order valence-corrected chi connectivity index (χ0v) is 13.5. The van der Waals surface area contributed by atoms with Gasteiger partial charge in [0, 0.05) is 5.56 Å². The Morgan fingerprint density at radius 1 is 0.875 bits per heavy atom. The second-order valence-electron chi connectivity index (χ2n) is 5.75. The molecule has 2 heterocycles. The zero-order valence-electron chi connectivity index (χ0n) is 13.5. The highest BCUT2D eigenvalue weighted by molar-refractivity contribution is 5.74. The van der Waals surface area contributed by atoms with Gasteiger partial charge in [0.05, 0.1) is 22.4 Å². The Labute approximate surface area is 139 Å². The molecule has 0 aliphatic carbocycles. The molecule has 0 bridgehead atoms. The molecule has 0 atom stereocenters. The van der Waals surface area contributed by atoms with E-state index in [1.807, 2.05) is 55.5 Å². The number of rotatable bonds is 3. The highest BCUT2D eigenvalue weighted by Gasteiger charge is 2.10. The van der Waals surface area contributed by atoms with Gasteiger partial charge in [0.2, 0.25) is 5.82 Å². The minimum absolute atomic E-state index is 0.447. The molecule has 0 aliphatic heterocycles. The van der Waals surface area contributed by atoms with Crippen molar-refractivity contribution in [2.45, 2.75) is 20.4 Å². The highest BCUT2D eigenvalue weighted by atomic mass is 15.6. The molecular weight excluding hydrogens is 300 g/mol. The Balaban J connectivity index is 1.64. The third kappa shape index (κ3) is 2.74. The summed E-state index contributed by atoms with van der Waals surface area (Å²) in [6, 6.07) is 15.9. The maximum Gasteiger partial charge on any atom is 0.204 e. The summed E-state index contributed by atoms with van der Waals surface area (Å²) >= 11 is 0. The number of tetrazole rings is 1. The molecule has 0 fully saturated rings. The van der Waals surface area contributed by atoms with Gasteiger partial charge in [-0.2, -0.15) is 4.80 Å². The van der Waals surface area contributed by atoms with Crippen LogP contribution < -0.4 is 0 Å². The summed E-state index contributed by atoms with van der Waals surface area (Å²) in [7, 11) is 0. The first-order valence-electron chi connectivity index (χ1n) is 7.76. The number of hydrogen-bond acceptors (Lipinski definition) is 5. The Morgan fingerprint density at radius 2 is 1.58 bits per heavy atom. The molecule has 24 heavy (non-hydrogen) atoms. The van der Waals surface area contributed by atoms with E-state index in [9.17, 15) is 0 Å². The van der Waals surface area contributed by atoms with E-state index in [2.05, 4.69) is 32.3 Å². The molecular formula is C18H16N6. The Bertz CT molecular complexity index is 1000. The number of para-hydroxylation sites is 2. The van der Waals surface area contributed by atoms with Crippen molar-refractivity contribution >= 4 is 11.0 Å². The van der Waals surface area contributed by atoms with E-state index in [4.69, 9.17) is 0 Å². The average Bonchev–Trinajstić information content (AvgIpc) is 3.05. The monoisotopic (exact) mass is 316 g/mol. The van der Waals surface area contributed by atoms with Crippen LogP contribution in [-0.2, 0) is 6.54 Å². The van der Waals surface area contributed by atoms with E-state index < -0.39 is 0 Å². The molecule has 0 aliphatic rings. The summed E-state index contributed by atoms with van der Waals surface area (Å²) < 4.78 is 0. The highest BCUT2D eigenvalue weighted by Crippen LogP contribution is 2.15. The van der Waals surface area contributed by atoms with Gasteiger partial charge in [-0.15, -0.1) is 10.2 Å². The lowest BCUT2D eigenvalue weighted by Crippen LogP contribution is -2.09. The normalized spacial score (nSPS) is 11.1. The third-order valence-corrected chi connectivity index (χ3v) is 3.90. The molecule has 0 amide bonds. The first-order valence-corrected chi connectivity index (χ1v) is 7.76. The van der Waals surface area contributed by atoms with Gasteiger partial charge >= 0.3 is 0 Å². The molecule has 2 aromatic heterocycles. The first-order chi connectivity index (χ1) is 11.7. The summed E-state index contributed by atoms with van der Waals surface area (Å²) in [6.45, 7) is 4.45. The molecule has 0 spiro atoms. The topological polar surface area (TPSA) is 69.4 Å². The second-order valence-corrected chi connectivity index (χ2v) is 5.75. The number of benzene rings is 2. The SMILES string of the molecule is Cc1ccc(-c2nnn(Cc3nc4ccccc4nc3C)n2)cc1. The smallest absolute Gasteiger partial charge is 0.204 e. The minimum Gasteiger partial charge on any atom is -0.250 e. The number of nitrogens with zero attached hydrogens (tertiary/aromatic N) is 6. The first kappa shape index (κ1) is 14.4. The van der Waals surface area contributed by atoms with Crippen molar-refractivity contribution in [1.82, 2.24) is 30.2 Å². The molecule has 0 unspecified atom stereocenters. The largest absolute Gasteiger partial charge is 0.250 e. The summed E-state index contributed by atoms with van der Waals surface area (Å²) in [6.07, 6.45) is 0. The Hall–Kier alpha value is -3.15. The van der Waals surface area contributed by atoms with Crippen molar-refractivity contribution in [1.29, 1.82) is 0 Å². The lowest BCUT2D eigenvalue weighted by molar-refractivity contribution is 0.562. The van der Waals surface area contributed by atoms with Crippen molar-refractivity contribution in [2.75, 3.05) is 0 Å². The van der Waals surface area contributed by atoms with Gasteiger partial charge in [-0.05, 0) is 31.2 Å². The van der Waals surface area contributed by atoms with Crippen LogP contribution in [0.1, 0.15) is 17.0 Å². The lowest BCUT2D eigenvalue weighted by Gasteiger charge is -2.05. The third-order valence-electron chi connectivity index (χ3n) is 3.90. The van der Waals surface area contributed by atoms with Crippen LogP contribution in [0, 0.1) is 13.8 Å². The summed E-state index contributed by atoms with van der Waals surface area (Å²) in [5.41, 5.74) is 5.65. The summed E-state index contributed by atoms with van der Waals surface area (Å²) in [5.74, 6) is 0.612. The number of hydrogen-bond donors (Lipinski definition) is 0. The number of aryl methyl sites for hydroxylation is 2. The van der Waals surface area contributed by atoms with Crippen LogP contribution in [-0.4, -0.2) is 30.2 Å². The quantitative estimate of drug-likeness (QED) is 0.581. The van der Waals surface area contributed by atoms with E-state index in [0.717, 1.165) is 28.0 Å². The van der Waals surface area contributed by atoms with Crippen LogP contribution in [0.2, 0.25) is 0 Å². The maximum absolute atomic E-state index is 4.67. The molecule has 4 aromatic rings. The Morgan fingerprint density at radius 3 is 2.33 bits per heavy atom. The fourth-order valence-electron chi connectivity index (χ4n) is 2.54. The molecule has 6 nitrogen and oxygen atoms in total. The molecule has 0 saturated carbocycles. The van der Waals surface area contributed by atoms with Gasteiger partial charge in [-0.25, -0.2) is 9.97 Å². The van der Waals surface area contributed by atoms with Gasteiger partial charge in [0.25, 0.3) is 0 Å². The van der Waals surface area contributed by atoms with Gasteiger partial charge < -0.3 is 0 Å². The van der Waals surface area contributed by atoms with Gasteiger partial charge in [0.1, 0.15) is 6.54 Å². The summed E-state index contributed by atoms with van der Waals surface area (Å²) in [5, 5.41) is 12.7. The lowest BCUT2D eigenvalue weighted by atomic mass is 10.1. The standard InChI is InChI=1S/C18H16N6/c1-12-7-9-14(10-8-12)18-21-23-24(22-18)11-17-13(2)19-15-5-3-4-6-16(15)20-17/h3-10H,11H2,1-2H3. The second kappa shape index (κ2) is 5.81. The van der Waals surface area contributed by atoms with E-state index in [1.54, 1.807) is 4.80 Å². The van der Waals surface area contributed by atoms with Crippen LogP contribution >= 0.6 is 0 Å². The number of fused-ring (bicyclic) bond motifs is 1. The fraction of sp³-hybridized carbons (Fsp3) is 0.167. The van der Waals surface area contributed by atoms with E-state index in [-0.39, 0.29) is 0 Å². The zero-order chi connectivity index (χ0) is 16.5. The maximum atomic E-state index is 4.67. The molecule has 2 aromatic carbocycles. The van der Waals surface area contributed by atoms with Crippen LogP contribution in [0.15, 0.2) is 48.5 Å². The van der Waals surface area contributed by atoms with Crippen LogP contribution in [0.25, 0.3) is 22.4 Å². The Kier molecular flexibility index (Phi) is 3.49. The van der Waals surface area contributed by atoms with Crippen molar-refractivity contribution in [3.63, 3.8) is 0 Å². The van der Waals surface area contributed by atoms with E-state index in [1.165, 1.54) is 5.56 Å². The molecule has 0 saturated heterocycles. The van der Waals surface area contributed by atoms with Crippen molar-refractivity contribution in [2.24, 2.45) is 0 Å². The van der Waals surface area contributed by atoms with Gasteiger partial charge in [-0.3, -0.25) is 0 Å². The summed E-state index contributed by atoms with van der Waals surface area (Å²) in [4.78, 5) is 10.8. The van der Waals surface area contributed by atoms with Gasteiger partial charge in [-0.1, -0.05) is 42.0 Å². The molecule has 4 rings (SSSR count). The predicted molar refractivity (Wildman–Crippen MR) is 91.4 cm³/mol. The van der Waals surface area contributed by atoms with E-state index in [0.29, 0.717) is 12.4 Å². The molecule has 0 radical (unpaired) electrons. The van der Waals surface area contributed by atoms with Crippen LogP contribution in [0.4, 0.5) is 0 Å². The van der Waals surface area contributed by atoms with Crippen molar-refractivity contribution < 1.29 is 0 Å². The molecule has 6 heteroatoms. The minimum atomic E-state index is 0.447. The fourth-order valence-corrected chi connectivity index (χ4v) is 2.54. The predicted octanol–water partition coefficient (Wildman–Crippen LogP) is 2.95.